The van der Waals surface area contributed by atoms with Crippen LogP contribution in [0.2, 0.25) is 0 Å². The Morgan fingerprint density at radius 1 is 1.04 bits per heavy atom. The first-order valence-corrected chi connectivity index (χ1v) is 9.09. The molecule has 28 heavy (non-hydrogen) atoms. The number of nitrogens with zero attached hydrogens (tertiary/aromatic N) is 5. The van der Waals surface area contributed by atoms with Crippen LogP contribution < -0.4 is 4.74 Å². The van der Waals surface area contributed by atoms with E-state index in [9.17, 15) is 0 Å². The van der Waals surface area contributed by atoms with Gasteiger partial charge in [-0.15, -0.1) is 5.10 Å². The Balaban J connectivity index is 1.62. The first-order chi connectivity index (χ1) is 13.6. The Bertz CT molecular complexity index is 1190. The van der Waals surface area contributed by atoms with E-state index in [1.54, 1.807) is 15.6 Å². The van der Waals surface area contributed by atoms with Crippen LogP contribution in [0.5, 0.6) is 11.5 Å². The van der Waals surface area contributed by atoms with Crippen LogP contribution in [0.1, 0.15) is 17.0 Å². The van der Waals surface area contributed by atoms with E-state index in [0.717, 1.165) is 28.5 Å². The monoisotopic (exact) mass is 390 g/mol. The molecule has 0 aliphatic rings. The lowest BCUT2D eigenvalue weighted by Crippen LogP contribution is -2.07. The maximum atomic E-state index is 5.87. The zero-order chi connectivity index (χ0) is 19.5. The lowest BCUT2D eigenvalue weighted by molar-refractivity contribution is 0.482. The molecule has 0 spiro atoms. The van der Waals surface area contributed by atoms with Crippen molar-refractivity contribution in [1.29, 1.82) is 0 Å². The molecule has 140 valence electrons. The van der Waals surface area contributed by atoms with Crippen LogP contribution in [0.15, 0.2) is 65.8 Å². The average Bonchev–Trinajstić information content (AvgIpc) is 3.22. The third-order valence-electron chi connectivity index (χ3n) is 3.99. The maximum Gasteiger partial charge on any atom is 0.271 e. The number of nitrogens with one attached hydrogen (secondary N) is 1. The van der Waals surface area contributed by atoms with Gasteiger partial charge in [-0.1, -0.05) is 30.3 Å². The molecule has 2 aromatic heterocycles. The van der Waals surface area contributed by atoms with Crippen molar-refractivity contribution in [2.24, 2.45) is 5.10 Å². The molecular weight excluding hydrogens is 372 g/mol. The van der Waals surface area contributed by atoms with Crippen LogP contribution in [0.25, 0.3) is 5.95 Å². The Kier molecular flexibility index (Phi) is 4.86. The number of hydrogen-bond donors (Lipinski definition) is 1. The van der Waals surface area contributed by atoms with Crippen molar-refractivity contribution in [3.8, 4) is 17.4 Å². The van der Waals surface area contributed by atoms with E-state index >= 15 is 0 Å². The van der Waals surface area contributed by atoms with Gasteiger partial charge in [-0.2, -0.15) is 14.9 Å². The second-order valence-electron chi connectivity index (χ2n) is 6.21. The van der Waals surface area contributed by atoms with Gasteiger partial charge >= 0.3 is 0 Å². The number of aryl methyl sites for hydroxylation is 2. The molecule has 0 atom stereocenters. The molecule has 0 aliphatic carbocycles. The highest BCUT2D eigenvalue weighted by Crippen LogP contribution is 2.21. The highest BCUT2D eigenvalue weighted by molar-refractivity contribution is 7.71. The standard InChI is InChI=1S/C20H18N6OS/c1-14-11-15(2)25(24-14)19-22-23-20(28)26(19)21-13-16-7-6-10-18(12-16)27-17-8-4-3-5-9-17/h3-13H,1-2H3,(H,23,28)/b21-13-. The van der Waals surface area contributed by atoms with Gasteiger partial charge in [0.25, 0.3) is 5.95 Å². The molecule has 0 bridgehead atoms. The molecule has 0 aliphatic heterocycles. The summed E-state index contributed by atoms with van der Waals surface area (Å²) < 4.78 is 9.50. The molecular formula is C20H18N6OS. The first kappa shape index (κ1) is 17.9. The molecule has 2 heterocycles. The van der Waals surface area contributed by atoms with Crippen molar-refractivity contribution >= 4 is 18.4 Å². The van der Waals surface area contributed by atoms with E-state index in [4.69, 9.17) is 17.0 Å². The summed E-state index contributed by atoms with van der Waals surface area (Å²) in [4.78, 5) is 0. The van der Waals surface area contributed by atoms with E-state index in [1.807, 2.05) is 74.5 Å². The molecule has 7 nitrogen and oxygen atoms in total. The predicted octanol–water partition coefficient (Wildman–Crippen LogP) is 4.42. The highest BCUT2D eigenvalue weighted by atomic mass is 32.1. The molecule has 4 rings (SSSR count). The van der Waals surface area contributed by atoms with E-state index in [-0.39, 0.29) is 0 Å². The molecule has 2 aromatic carbocycles. The molecule has 1 N–H and O–H groups in total. The van der Waals surface area contributed by atoms with Crippen molar-refractivity contribution in [2.75, 3.05) is 0 Å². The number of para-hydroxylation sites is 1. The van der Waals surface area contributed by atoms with Crippen molar-refractivity contribution in [1.82, 2.24) is 24.7 Å². The Labute approximate surface area is 166 Å². The maximum absolute atomic E-state index is 5.87. The van der Waals surface area contributed by atoms with Crippen LogP contribution in [-0.4, -0.2) is 30.9 Å². The molecule has 0 unspecified atom stereocenters. The van der Waals surface area contributed by atoms with Crippen molar-refractivity contribution in [2.45, 2.75) is 13.8 Å². The fourth-order valence-corrected chi connectivity index (χ4v) is 2.94. The summed E-state index contributed by atoms with van der Waals surface area (Å²) in [7, 11) is 0. The first-order valence-electron chi connectivity index (χ1n) is 8.68. The van der Waals surface area contributed by atoms with Gasteiger partial charge < -0.3 is 4.74 Å². The molecule has 0 saturated carbocycles. The van der Waals surface area contributed by atoms with Gasteiger partial charge in [0.1, 0.15) is 11.5 Å². The average molecular weight is 390 g/mol. The Hall–Kier alpha value is -3.52. The summed E-state index contributed by atoms with van der Waals surface area (Å²) in [6, 6.07) is 19.3. The molecule has 0 radical (unpaired) electrons. The lowest BCUT2D eigenvalue weighted by atomic mass is 10.2. The van der Waals surface area contributed by atoms with Crippen LogP contribution >= 0.6 is 12.2 Å². The highest BCUT2D eigenvalue weighted by Gasteiger charge is 2.11. The van der Waals surface area contributed by atoms with Gasteiger partial charge in [0, 0.05) is 5.69 Å². The summed E-state index contributed by atoms with van der Waals surface area (Å²) in [6.07, 6.45) is 1.71. The number of ether oxygens (including phenoxy) is 1. The van der Waals surface area contributed by atoms with E-state index in [0.29, 0.717) is 10.7 Å². The minimum Gasteiger partial charge on any atom is -0.457 e. The topological polar surface area (TPSA) is 73.0 Å². The second-order valence-corrected chi connectivity index (χ2v) is 6.60. The van der Waals surface area contributed by atoms with Crippen molar-refractivity contribution < 1.29 is 4.74 Å². The van der Waals surface area contributed by atoms with Gasteiger partial charge in [-0.3, -0.25) is 0 Å². The van der Waals surface area contributed by atoms with Crippen molar-refractivity contribution in [3.63, 3.8) is 0 Å². The zero-order valence-corrected chi connectivity index (χ0v) is 16.2. The molecule has 0 amide bonds. The number of rotatable bonds is 5. The quantitative estimate of drug-likeness (QED) is 0.404. The van der Waals surface area contributed by atoms with Crippen LogP contribution in [-0.2, 0) is 0 Å². The summed E-state index contributed by atoms with van der Waals surface area (Å²) in [5.74, 6) is 2.01. The third-order valence-corrected chi connectivity index (χ3v) is 4.26. The SMILES string of the molecule is Cc1cc(C)n(-c2n[nH]c(=S)n2/N=C\c2cccc(Oc3ccccc3)c2)n1. The largest absolute Gasteiger partial charge is 0.457 e. The fraction of sp³-hybridized carbons (Fsp3) is 0.100. The number of H-pyrrole nitrogens is 1. The molecule has 4 aromatic rings. The van der Waals surface area contributed by atoms with E-state index in [2.05, 4.69) is 20.4 Å². The fourth-order valence-electron chi connectivity index (χ4n) is 2.76. The summed E-state index contributed by atoms with van der Waals surface area (Å²) in [5, 5.41) is 16.0. The van der Waals surface area contributed by atoms with E-state index < -0.39 is 0 Å². The minimum atomic E-state index is 0.385. The van der Waals surface area contributed by atoms with Gasteiger partial charge in [0.2, 0.25) is 4.77 Å². The van der Waals surface area contributed by atoms with Gasteiger partial charge in [-0.05, 0) is 62.0 Å². The molecule has 8 heteroatoms. The number of benzene rings is 2. The summed E-state index contributed by atoms with van der Waals surface area (Å²) in [5.41, 5.74) is 2.71. The number of aromatic nitrogens is 5. The van der Waals surface area contributed by atoms with Crippen molar-refractivity contribution in [3.05, 3.63) is 82.4 Å². The van der Waals surface area contributed by atoms with Gasteiger partial charge in [0.15, 0.2) is 0 Å². The smallest absolute Gasteiger partial charge is 0.271 e. The van der Waals surface area contributed by atoms with Crippen LogP contribution in [0.3, 0.4) is 0 Å². The predicted molar refractivity (Wildman–Crippen MR) is 110 cm³/mol. The minimum absolute atomic E-state index is 0.385. The zero-order valence-electron chi connectivity index (χ0n) is 15.4. The summed E-state index contributed by atoms with van der Waals surface area (Å²) >= 11 is 5.32. The van der Waals surface area contributed by atoms with Gasteiger partial charge in [-0.25, -0.2) is 9.78 Å². The number of aromatic amines is 1. The number of hydrogen-bond acceptors (Lipinski definition) is 5. The normalized spacial score (nSPS) is 11.2. The van der Waals surface area contributed by atoms with E-state index in [1.165, 1.54) is 0 Å². The lowest BCUT2D eigenvalue weighted by Gasteiger charge is -2.06. The molecule has 0 saturated heterocycles. The molecule has 0 fully saturated rings. The third kappa shape index (κ3) is 3.77. The van der Waals surface area contributed by atoms with Crippen LogP contribution in [0, 0.1) is 18.6 Å². The second kappa shape index (κ2) is 7.61. The summed E-state index contributed by atoms with van der Waals surface area (Å²) in [6.45, 7) is 3.88. The van der Waals surface area contributed by atoms with Crippen LogP contribution in [0.4, 0.5) is 0 Å². The van der Waals surface area contributed by atoms with Gasteiger partial charge in [0.05, 0.1) is 11.9 Å². The Morgan fingerprint density at radius 2 is 1.82 bits per heavy atom. The Morgan fingerprint density at radius 3 is 2.57 bits per heavy atom.